The van der Waals surface area contributed by atoms with E-state index in [-0.39, 0.29) is 24.2 Å². The van der Waals surface area contributed by atoms with Crippen LogP contribution in [0.5, 0.6) is 0 Å². The molecule has 9 nitrogen and oxygen atoms in total. The summed E-state index contributed by atoms with van der Waals surface area (Å²) in [7, 11) is 0. The zero-order valence-corrected chi connectivity index (χ0v) is 21.6. The molecule has 0 aromatic carbocycles. The number of hydrogen-bond acceptors (Lipinski definition) is 8. The van der Waals surface area contributed by atoms with E-state index >= 15 is 0 Å². The molecule has 5 rings (SSSR count). The highest BCUT2D eigenvalue weighted by Gasteiger charge is 2.34. The lowest BCUT2D eigenvalue weighted by Gasteiger charge is -2.22. The van der Waals surface area contributed by atoms with E-state index in [0.717, 1.165) is 50.1 Å². The highest BCUT2D eigenvalue weighted by Crippen LogP contribution is 2.35. The van der Waals surface area contributed by atoms with Crippen LogP contribution in [0.2, 0.25) is 0 Å². The van der Waals surface area contributed by atoms with Crippen molar-refractivity contribution < 1.29 is 18.3 Å². The summed E-state index contributed by atoms with van der Waals surface area (Å²) in [6, 6.07) is 0.927. The van der Waals surface area contributed by atoms with E-state index in [4.69, 9.17) is 10.5 Å². The van der Waals surface area contributed by atoms with Gasteiger partial charge < -0.3 is 10.5 Å². The van der Waals surface area contributed by atoms with Crippen molar-refractivity contribution in [1.29, 1.82) is 0 Å². The van der Waals surface area contributed by atoms with Gasteiger partial charge >= 0.3 is 0 Å². The average Bonchev–Trinajstić information content (AvgIpc) is 3.66. The van der Waals surface area contributed by atoms with Crippen molar-refractivity contribution in [3.05, 3.63) is 82.8 Å². The number of nitrogen functional groups attached to an aromatic ring is 1. The molecule has 2 unspecified atom stereocenters. The van der Waals surface area contributed by atoms with Crippen LogP contribution in [-0.4, -0.2) is 44.6 Å². The van der Waals surface area contributed by atoms with E-state index in [1.807, 2.05) is 0 Å². The van der Waals surface area contributed by atoms with Gasteiger partial charge in [0, 0.05) is 41.8 Å². The molecule has 2 atom stereocenters. The lowest BCUT2D eigenvalue weighted by molar-refractivity contribution is -0.128. The summed E-state index contributed by atoms with van der Waals surface area (Å²) in [4.78, 5) is 29.9. The normalized spacial score (nSPS) is 18.4. The number of rotatable bonds is 10. The molecule has 2 aromatic heterocycles. The molecule has 202 valence electrons. The number of nitrogens with zero attached hydrogens (tertiary/aromatic N) is 6. The van der Waals surface area contributed by atoms with Gasteiger partial charge in [-0.2, -0.15) is 5.10 Å². The third-order valence-electron chi connectivity index (χ3n) is 6.85. The average molecular weight is 534 g/mol. The Kier molecular flexibility index (Phi) is 7.85. The lowest BCUT2D eigenvalue weighted by atomic mass is 10.0. The summed E-state index contributed by atoms with van der Waals surface area (Å²) in [5, 5.41) is 5.58. The number of hydrogen-bond donors (Lipinski definition) is 1. The van der Waals surface area contributed by atoms with Crippen LogP contribution in [0.3, 0.4) is 0 Å². The van der Waals surface area contributed by atoms with Crippen molar-refractivity contribution in [3.8, 4) is 0 Å². The molecule has 2 aliphatic heterocycles. The zero-order chi connectivity index (χ0) is 27.4. The predicted octanol–water partition coefficient (Wildman–Crippen LogP) is 4.92. The van der Waals surface area contributed by atoms with Crippen LogP contribution < -0.4 is 5.73 Å². The maximum Gasteiger partial charge on any atom is 0.274 e. The molecule has 1 aliphatic carbocycles. The van der Waals surface area contributed by atoms with Crippen LogP contribution >= 0.6 is 0 Å². The number of anilines is 1. The molecule has 0 spiro atoms. The van der Waals surface area contributed by atoms with Crippen LogP contribution in [0.25, 0.3) is 0 Å². The van der Waals surface area contributed by atoms with Crippen LogP contribution in [0.1, 0.15) is 68.8 Å². The van der Waals surface area contributed by atoms with Crippen molar-refractivity contribution in [2.24, 2.45) is 10.1 Å². The zero-order valence-electron chi connectivity index (χ0n) is 21.6. The minimum absolute atomic E-state index is 0.191. The maximum absolute atomic E-state index is 13.7. The van der Waals surface area contributed by atoms with Crippen LogP contribution in [0.15, 0.2) is 69.8 Å². The van der Waals surface area contributed by atoms with Gasteiger partial charge in [-0.25, -0.2) is 28.8 Å². The van der Waals surface area contributed by atoms with E-state index in [9.17, 15) is 13.6 Å². The third-order valence-corrected chi connectivity index (χ3v) is 6.85. The summed E-state index contributed by atoms with van der Waals surface area (Å²) >= 11 is 0. The van der Waals surface area contributed by atoms with Crippen LogP contribution in [0.4, 0.5) is 14.6 Å². The Balaban J connectivity index is 1.26. The molecule has 2 aromatic rings. The first-order chi connectivity index (χ1) is 18.9. The smallest absolute Gasteiger partial charge is 0.274 e. The van der Waals surface area contributed by atoms with E-state index in [1.165, 1.54) is 17.3 Å². The second-order valence-corrected chi connectivity index (χ2v) is 9.63. The summed E-state index contributed by atoms with van der Waals surface area (Å²) in [6.45, 7) is 2.37. The van der Waals surface area contributed by atoms with Crippen molar-refractivity contribution in [2.45, 2.75) is 57.4 Å². The van der Waals surface area contributed by atoms with Gasteiger partial charge in [0.15, 0.2) is 11.6 Å². The van der Waals surface area contributed by atoms with Crippen molar-refractivity contribution in [1.82, 2.24) is 20.0 Å². The summed E-state index contributed by atoms with van der Waals surface area (Å²) in [5.41, 5.74) is 8.13. The Morgan fingerprint density at radius 2 is 2.08 bits per heavy atom. The number of fused-ring (bicyclic) bond motifs is 1. The fourth-order valence-electron chi connectivity index (χ4n) is 4.76. The van der Waals surface area contributed by atoms with E-state index < -0.39 is 17.7 Å². The fourth-order valence-corrected chi connectivity index (χ4v) is 4.76. The fraction of sp³-hybridized carbons (Fsp3) is 0.357. The number of carbonyl (C=O) groups excluding carboxylic acids is 1. The molecule has 0 bridgehead atoms. The molecule has 1 amide bonds. The molecule has 0 saturated heterocycles. The number of halogens is 2. The Labute approximate surface area is 224 Å². The molecule has 0 radical (unpaired) electrons. The van der Waals surface area contributed by atoms with Gasteiger partial charge in [-0.3, -0.25) is 9.78 Å². The Morgan fingerprint density at radius 3 is 2.87 bits per heavy atom. The molecular formula is C28H29F2N7O2. The molecule has 11 heteroatoms. The first kappa shape index (κ1) is 26.3. The molecule has 4 heterocycles. The topological polar surface area (TPSA) is 119 Å². The third kappa shape index (κ3) is 5.76. The quantitative estimate of drug-likeness (QED) is 0.433. The second kappa shape index (κ2) is 11.6. The molecule has 0 fully saturated rings. The highest BCUT2D eigenvalue weighted by atomic mass is 19.1. The Bertz CT molecular complexity index is 1420. The number of unbranched alkanes of at least 4 members (excludes halogenated alkanes) is 3. The number of carbonyl (C=O) groups is 1. The first-order valence-electron chi connectivity index (χ1n) is 13.0. The van der Waals surface area contributed by atoms with Gasteiger partial charge in [0.05, 0.1) is 31.0 Å². The molecule has 39 heavy (non-hydrogen) atoms. The standard InChI is InChI=1S/C28H29F2N7O2/c1-2-3-4-5-6-17(26-33-15-23(30)25(31)36-26)16-39-27-22-11-18(9-19(22)13-34-27)28(38)37-24(7-8-35-37)20-10-21(29)14-32-12-20/h8-15,17,24H,2-7,16H2,1H3,(H2,31,33,36). The molecule has 2 N–H and O–H groups in total. The number of hydrazone groups is 1. The number of nitrogens with two attached hydrogens (primary N) is 1. The number of amides is 1. The van der Waals surface area contributed by atoms with E-state index in [1.54, 1.807) is 24.6 Å². The number of aliphatic imine (C=N–C) groups is 1. The maximum atomic E-state index is 13.7. The van der Waals surface area contributed by atoms with Gasteiger partial charge in [0.2, 0.25) is 5.90 Å². The van der Waals surface area contributed by atoms with Gasteiger partial charge in [0.25, 0.3) is 5.91 Å². The second-order valence-electron chi connectivity index (χ2n) is 9.63. The Hall–Kier alpha value is -4.28. The molecule has 0 saturated carbocycles. The van der Waals surface area contributed by atoms with Gasteiger partial charge in [-0.1, -0.05) is 32.6 Å². The minimum Gasteiger partial charge on any atom is -0.476 e. The minimum atomic E-state index is -0.656. The summed E-state index contributed by atoms with van der Waals surface area (Å²) in [5.74, 6) is -1.02. The first-order valence-corrected chi connectivity index (χ1v) is 13.0. The lowest BCUT2D eigenvalue weighted by Crippen LogP contribution is -2.28. The van der Waals surface area contributed by atoms with E-state index in [0.29, 0.717) is 34.9 Å². The van der Waals surface area contributed by atoms with Gasteiger partial charge in [-0.05, 0) is 30.2 Å². The van der Waals surface area contributed by atoms with Crippen molar-refractivity contribution in [3.63, 3.8) is 0 Å². The number of aromatic nitrogens is 3. The summed E-state index contributed by atoms with van der Waals surface area (Å²) in [6.07, 6.45) is 15.9. The Morgan fingerprint density at radius 1 is 1.21 bits per heavy atom. The van der Waals surface area contributed by atoms with Gasteiger partial charge in [0.1, 0.15) is 11.6 Å². The predicted molar refractivity (Wildman–Crippen MR) is 142 cm³/mol. The largest absolute Gasteiger partial charge is 0.476 e. The number of pyridine rings is 1. The van der Waals surface area contributed by atoms with Gasteiger partial charge in [-0.15, -0.1) is 0 Å². The molecule has 3 aliphatic rings. The van der Waals surface area contributed by atoms with Crippen molar-refractivity contribution >= 4 is 23.8 Å². The van der Waals surface area contributed by atoms with Crippen molar-refractivity contribution in [2.75, 3.05) is 12.3 Å². The monoisotopic (exact) mass is 533 g/mol. The van der Waals surface area contributed by atoms with E-state index in [2.05, 4.69) is 32.0 Å². The highest BCUT2D eigenvalue weighted by molar-refractivity contribution is 6.09. The van der Waals surface area contributed by atoms with Crippen LogP contribution in [0, 0.1) is 11.6 Å². The summed E-state index contributed by atoms with van der Waals surface area (Å²) < 4.78 is 33.5. The number of allylic oxidation sites excluding steroid dienone is 1. The molecular weight excluding hydrogens is 504 g/mol. The van der Waals surface area contributed by atoms with Crippen LogP contribution in [-0.2, 0) is 9.53 Å². The SMILES string of the molecule is CCCCCCC(COC1=NC=C2C=C(C(=O)N3N=CCC3c3cncc(F)c3)C=C21)c1ncc(F)c(N)n1. The number of ether oxygens (including phenoxy) is 1.